The molecule has 0 aliphatic carbocycles. The van der Waals surface area contributed by atoms with Crippen LogP contribution in [-0.4, -0.2) is 26.0 Å². The van der Waals surface area contributed by atoms with Crippen LogP contribution in [0.1, 0.15) is 25.3 Å². The first kappa shape index (κ1) is 13.7. The van der Waals surface area contributed by atoms with Gasteiger partial charge in [0.15, 0.2) is 0 Å². The zero-order chi connectivity index (χ0) is 12.0. The van der Waals surface area contributed by atoms with E-state index in [4.69, 9.17) is 5.73 Å². The Balaban J connectivity index is 2.23. The van der Waals surface area contributed by atoms with Gasteiger partial charge in [-0.25, -0.2) is 8.42 Å². The lowest BCUT2D eigenvalue weighted by molar-refractivity contribution is 0.575. The van der Waals surface area contributed by atoms with Crippen LogP contribution < -0.4 is 5.73 Å². The van der Waals surface area contributed by atoms with Crippen molar-refractivity contribution in [1.29, 1.82) is 0 Å². The highest BCUT2D eigenvalue weighted by Gasteiger charge is 2.09. The highest BCUT2D eigenvalue weighted by molar-refractivity contribution is 7.91. The Hall–Kier alpha value is -0.390. The molecule has 92 valence electrons. The van der Waals surface area contributed by atoms with Crippen molar-refractivity contribution in [3.05, 3.63) is 22.4 Å². The maximum atomic E-state index is 11.3. The third-order valence-corrected chi connectivity index (χ3v) is 5.07. The average Bonchev–Trinajstić information content (AvgIpc) is 2.70. The molecule has 0 saturated heterocycles. The Morgan fingerprint density at radius 1 is 1.50 bits per heavy atom. The Kier molecular flexibility index (Phi) is 5.44. The number of rotatable bonds is 7. The molecule has 1 aromatic heterocycles. The Morgan fingerprint density at radius 3 is 2.81 bits per heavy atom. The Labute approximate surface area is 102 Å². The molecule has 0 aromatic carbocycles. The molecule has 1 heterocycles. The summed E-state index contributed by atoms with van der Waals surface area (Å²) in [4.78, 5) is 0. The number of sulfone groups is 1. The van der Waals surface area contributed by atoms with E-state index in [1.807, 2.05) is 5.38 Å². The van der Waals surface area contributed by atoms with E-state index in [1.54, 1.807) is 18.3 Å². The van der Waals surface area contributed by atoms with E-state index < -0.39 is 9.84 Å². The van der Waals surface area contributed by atoms with Crippen LogP contribution in [0.15, 0.2) is 16.8 Å². The van der Waals surface area contributed by atoms with E-state index >= 15 is 0 Å². The topological polar surface area (TPSA) is 60.2 Å². The molecule has 0 amide bonds. The van der Waals surface area contributed by atoms with Gasteiger partial charge in [-0.1, -0.05) is 6.92 Å². The van der Waals surface area contributed by atoms with Gasteiger partial charge < -0.3 is 5.73 Å². The normalized spacial score (nSPS) is 13.9. The zero-order valence-corrected chi connectivity index (χ0v) is 11.2. The van der Waals surface area contributed by atoms with Crippen molar-refractivity contribution < 1.29 is 8.42 Å². The molecule has 0 aliphatic heterocycles. The maximum absolute atomic E-state index is 11.3. The van der Waals surface area contributed by atoms with Crippen LogP contribution in [0.3, 0.4) is 0 Å². The molecular weight excluding hydrogens is 242 g/mol. The largest absolute Gasteiger partial charge is 0.327 e. The van der Waals surface area contributed by atoms with E-state index in [1.165, 1.54) is 5.56 Å². The summed E-state index contributed by atoms with van der Waals surface area (Å²) >= 11 is 1.66. The van der Waals surface area contributed by atoms with Gasteiger partial charge in [-0.3, -0.25) is 0 Å². The summed E-state index contributed by atoms with van der Waals surface area (Å²) in [5.74, 6) is 0.494. The summed E-state index contributed by atoms with van der Waals surface area (Å²) < 4.78 is 22.5. The molecule has 1 unspecified atom stereocenters. The fourth-order valence-electron chi connectivity index (χ4n) is 1.52. The van der Waals surface area contributed by atoms with Gasteiger partial charge in [0.05, 0.1) is 5.75 Å². The van der Waals surface area contributed by atoms with Crippen LogP contribution in [0, 0.1) is 0 Å². The molecule has 2 N–H and O–H groups in total. The van der Waals surface area contributed by atoms with Crippen LogP contribution in [0.4, 0.5) is 0 Å². The summed E-state index contributed by atoms with van der Waals surface area (Å²) in [6.07, 6.45) is 2.28. The first-order valence-corrected chi connectivity index (χ1v) is 8.27. The molecular formula is C11H19NO2S2. The summed E-state index contributed by atoms with van der Waals surface area (Å²) in [7, 11) is -2.83. The fourth-order valence-corrected chi connectivity index (χ4v) is 3.10. The summed E-state index contributed by atoms with van der Waals surface area (Å²) in [6.45, 7) is 1.68. The Morgan fingerprint density at radius 2 is 2.25 bits per heavy atom. The van der Waals surface area contributed by atoms with Crippen molar-refractivity contribution >= 4 is 21.2 Å². The number of thiophene rings is 1. The van der Waals surface area contributed by atoms with Gasteiger partial charge in [0.2, 0.25) is 0 Å². The highest BCUT2D eigenvalue weighted by Crippen LogP contribution is 2.10. The van der Waals surface area contributed by atoms with E-state index in [0.29, 0.717) is 6.42 Å². The molecule has 5 heteroatoms. The summed E-state index contributed by atoms with van der Waals surface area (Å²) in [6, 6.07) is 2.13. The lowest BCUT2D eigenvalue weighted by atomic mass is 10.1. The van der Waals surface area contributed by atoms with E-state index in [2.05, 4.69) is 11.4 Å². The smallest absolute Gasteiger partial charge is 0.150 e. The lowest BCUT2D eigenvalue weighted by Gasteiger charge is -2.10. The number of hydrogen-bond acceptors (Lipinski definition) is 4. The molecule has 0 aliphatic rings. The van der Waals surface area contributed by atoms with Gasteiger partial charge in [0, 0.05) is 11.8 Å². The molecule has 0 saturated carbocycles. The monoisotopic (exact) mass is 261 g/mol. The van der Waals surface area contributed by atoms with Crippen molar-refractivity contribution in [3.8, 4) is 0 Å². The lowest BCUT2D eigenvalue weighted by Crippen LogP contribution is -2.23. The van der Waals surface area contributed by atoms with Crippen molar-refractivity contribution in [2.45, 2.75) is 32.2 Å². The van der Waals surface area contributed by atoms with E-state index in [0.717, 1.165) is 12.8 Å². The molecule has 1 rings (SSSR count). The van der Waals surface area contributed by atoms with Crippen LogP contribution >= 0.6 is 11.3 Å². The number of nitrogens with two attached hydrogens (primary N) is 1. The minimum atomic E-state index is -2.83. The van der Waals surface area contributed by atoms with Gasteiger partial charge in [-0.15, -0.1) is 0 Å². The zero-order valence-electron chi connectivity index (χ0n) is 9.56. The minimum absolute atomic E-state index is 0.0710. The van der Waals surface area contributed by atoms with Gasteiger partial charge in [0.1, 0.15) is 9.84 Å². The molecule has 16 heavy (non-hydrogen) atoms. The second-order valence-electron chi connectivity index (χ2n) is 3.97. The molecule has 0 spiro atoms. The van der Waals surface area contributed by atoms with Gasteiger partial charge in [0.25, 0.3) is 0 Å². The van der Waals surface area contributed by atoms with E-state index in [9.17, 15) is 8.42 Å². The second-order valence-corrected chi connectivity index (χ2v) is 7.23. The third-order valence-electron chi connectivity index (χ3n) is 2.55. The molecule has 0 fully saturated rings. The predicted molar refractivity (Wildman–Crippen MR) is 69.6 cm³/mol. The third kappa shape index (κ3) is 5.09. The Bertz CT molecular complexity index is 384. The maximum Gasteiger partial charge on any atom is 0.150 e. The molecule has 3 nitrogen and oxygen atoms in total. The van der Waals surface area contributed by atoms with Gasteiger partial charge in [-0.05, 0) is 41.7 Å². The SMILES string of the molecule is CCS(=O)(=O)CCCC(N)Cc1ccsc1. The minimum Gasteiger partial charge on any atom is -0.327 e. The van der Waals surface area contributed by atoms with Crippen molar-refractivity contribution in [2.24, 2.45) is 5.73 Å². The number of hydrogen-bond donors (Lipinski definition) is 1. The van der Waals surface area contributed by atoms with Crippen molar-refractivity contribution in [1.82, 2.24) is 0 Å². The van der Waals surface area contributed by atoms with Gasteiger partial charge in [-0.2, -0.15) is 11.3 Å². The molecule has 0 bridgehead atoms. The average molecular weight is 261 g/mol. The summed E-state index contributed by atoms with van der Waals surface area (Å²) in [5, 5.41) is 4.12. The van der Waals surface area contributed by atoms with Gasteiger partial charge >= 0.3 is 0 Å². The van der Waals surface area contributed by atoms with Crippen LogP contribution in [0.2, 0.25) is 0 Å². The highest BCUT2D eigenvalue weighted by atomic mass is 32.2. The molecule has 0 radical (unpaired) electrons. The molecule has 1 atom stereocenters. The first-order chi connectivity index (χ1) is 7.53. The van der Waals surface area contributed by atoms with Crippen LogP contribution in [-0.2, 0) is 16.3 Å². The molecule has 1 aromatic rings. The first-order valence-electron chi connectivity index (χ1n) is 5.50. The fraction of sp³-hybridized carbons (Fsp3) is 0.636. The predicted octanol–water partition coefficient (Wildman–Crippen LogP) is 1.83. The van der Waals surface area contributed by atoms with Crippen molar-refractivity contribution in [3.63, 3.8) is 0 Å². The van der Waals surface area contributed by atoms with Crippen LogP contribution in [0.25, 0.3) is 0 Å². The van der Waals surface area contributed by atoms with E-state index in [-0.39, 0.29) is 17.5 Å². The summed E-state index contributed by atoms with van der Waals surface area (Å²) in [5.41, 5.74) is 7.19. The standard InChI is InChI=1S/C11H19NO2S2/c1-2-16(13,14)7-3-4-11(12)8-10-5-6-15-9-10/h5-6,9,11H,2-4,7-8,12H2,1H3. The van der Waals surface area contributed by atoms with Crippen molar-refractivity contribution in [2.75, 3.05) is 11.5 Å². The quantitative estimate of drug-likeness (QED) is 0.814. The second kappa shape index (κ2) is 6.37. The van der Waals surface area contributed by atoms with Crippen LogP contribution in [0.5, 0.6) is 0 Å².